The molecule has 1 fully saturated rings. The first kappa shape index (κ1) is 16.5. The van der Waals surface area contributed by atoms with Crippen LogP contribution in [0.2, 0.25) is 0 Å². The van der Waals surface area contributed by atoms with Gasteiger partial charge >= 0.3 is 0 Å². The van der Waals surface area contributed by atoms with Crippen LogP contribution in [-0.2, 0) is 15.6 Å². The molecule has 0 radical (unpaired) electrons. The molecule has 4 heteroatoms. The molecule has 2 rings (SSSR count). The van der Waals surface area contributed by atoms with E-state index in [0.717, 1.165) is 36.9 Å². The fraction of sp³-hybridized carbons (Fsp3) is 0.647. The Morgan fingerprint density at radius 2 is 2.05 bits per heavy atom. The molecule has 0 aliphatic heterocycles. The second-order valence-corrected chi connectivity index (χ2v) is 8.64. The number of rotatable bonds is 5. The third-order valence-corrected chi connectivity index (χ3v) is 6.61. The summed E-state index contributed by atoms with van der Waals surface area (Å²) in [5.41, 5.74) is 2.02. The Morgan fingerprint density at radius 3 is 2.71 bits per heavy atom. The lowest BCUT2D eigenvalue weighted by atomic mass is 9.87. The molecule has 3 atom stereocenters. The van der Waals surface area contributed by atoms with Crippen molar-refractivity contribution in [2.45, 2.75) is 57.1 Å². The Labute approximate surface area is 129 Å². The first-order chi connectivity index (χ1) is 9.92. The Kier molecular flexibility index (Phi) is 5.44. The molecular weight excluding hydrogens is 282 g/mol. The maximum atomic E-state index is 12.9. The second kappa shape index (κ2) is 6.93. The monoisotopic (exact) mass is 309 g/mol. The van der Waals surface area contributed by atoms with Crippen molar-refractivity contribution in [1.82, 2.24) is 5.32 Å². The van der Waals surface area contributed by atoms with Crippen LogP contribution in [-0.4, -0.2) is 26.3 Å². The summed E-state index contributed by atoms with van der Waals surface area (Å²) in [5.74, 6) is 0.658. The van der Waals surface area contributed by atoms with Gasteiger partial charge in [-0.15, -0.1) is 0 Å². The van der Waals surface area contributed by atoms with Gasteiger partial charge in [0, 0.05) is 6.04 Å². The molecule has 3 nitrogen and oxygen atoms in total. The fourth-order valence-corrected chi connectivity index (χ4v) is 5.58. The molecule has 1 aliphatic carbocycles. The van der Waals surface area contributed by atoms with Gasteiger partial charge in [-0.05, 0) is 44.2 Å². The van der Waals surface area contributed by atoms with Gasteiger partial charge in [-0.1, -0.05) is 43.7 Å². The summed E-state index contributed by atoms with van der Waals surface area (Å²) in [7, 11) is -3.12. The summed E-state index contributed by atoms with van der Waals surface area (Å²) in [5, 5.41) is 3.13. The number of aryl methyl sites for hydroxylation is 1. The molecule has 0 heterocycles. The van der Waals surface area contributed by atoms with Crippen molar-refractivity contribution in [3.63, 3.8) is 0 Å². The summed E-state index contributed by atoms with van der Waals surface area (Å²) < 4.78 is 25.7. The van der Waals surface area contributed by atoms with E-state index in [9.17, 15) is 8.42 Å². The molecule has 3 unspecified atom stereocenters. The molecule has 0 saturated heterocycles. The molecular formula is C17H27NO2S. The Balaban J connectivity index is 2.19. The molecule has 21 heavy (non-hydrogen) atoms. The predicted molar refractivity (Wildman–Crippen MR) is 88.1 cm³/mol. The molecule has 1 aromatic carbocycles. The van der Waals surface area contributed by atoms with E-state index >= 15 is 0 Å². The van der Waals surface area contributed by atoms with E-state index in [4.69, 9.17) is 0 Å². The van der Waals surface area contributed by atoms with Gasteiger partial charge in [-0.2, -0.15) is 0 Å². The topological polar surface area (TPSA) is 46.2 Å². The summed E-state index contributed by atoms with van der Waals surface area (Å²) in [4.78, 5) is 0. The normalized spacial score (nSPS) is 26.7. The number of hydrogen-bond acceptors (Lipinski definition) is 3. The van der Waals surface area contributed by atoms with Crippen molar-refractivity contribution < 1.29 is 8.42 Å². The molecule has 0 spiro atoms. The standard InChI is InChI=1S/C17H27NO2S/c1-4-18-16-9-8-14(3)11-17(16)21(19,20)12-15-7-5-6-13(2)10-15/h5-7,10,14,16-18H,4,8-9,11-12H2,1-3H3. The van der Waals surface area contributed by atoms with Gasteiger partial charge in [0.05, 0.1) is 11.0 Å². The first-order valence-electron chi connectivity index (χ1n) is 7.93. The van der Waals surface area contributed by atoms with Crippen molar-refractivity contribution in [3.8, 4) is 0 Å². The lowest BCUT2D eigenvalue weighted by Gasteiger charge is -2.35. The van der Waals surface area contributed by atoms with Gasteiger partial charge in [-0.25, -0.2) is 8.42 Å². The molecule has 0 amide bonds. The van der Waals surface area contributed by atoms with Crippen LogP contribution in [0, 0.1) is 12.8 Å². The third-order valence-electron chi connectivity index (χ3n) is 4.43. The largest absolute Gasteiger partial charge is 0.313 e. The Hall–Kier alpha value is -0.870. The van der Waals surface area contributed by atoms with Crippen LogP contribution in [0.1, 0.15) is 44.2 Å². The van der Waals surface area contributed by atoms with Crippen LogP contribution >= 0.6 is 0 Å². The highest BCUT2D eigenvalue weighted by Gasteiger charge is 2.37. The minimum atomic E-state index is -3.12. The Morgan fingerprint density at radius 1 is 1.29 bits per heavy atom. The second-order valence-electron chi connectivity index (χ2n) is 6.42. The van der Waals surface area contributed by atoms with Crippen molar-refractivity contribution in [3.05, 3.63) is 35.4 Å². The van der Waals surface area contributed by atoms with Crippen molar-refractivity contribution in [1.29, 1.82) is 0 Å². The van der Waals surface area contributed by atoms with E-state index in [-0.39, 0.29) is 17.0 Å². The summed E-state index contributed by atoms with van der Waals surface area (Å²) in [6, 6.07) is 7.94. The van der Waals surface area contributed by atoms with Crippen LogP contribution < -0.4 is 5.32 Å². The molecule has 118 valence electrons. The van der Waals surface area contributed by atoms with Gasteiger partial charge in [0.25, 0.3) is 0 Å². The number of nitrogens with one attached hydrogen (secondary N) is 1. The maximum absolute atomic E-state index is 12.9. The summed E-state index contributed by atoms with van der Waals surface area (Å²) >= 11 is 0. The number of hydrogen-bond donors (Lipinski definition) is 1. The zero-order valence-electron chi connectivity index (χ0n) is 13.3. The zero-order chi connectivity index (χ0) is 15.5. The highest BCUT2D eigenvalue weighted by Crippen LogP contribution is 2.30. The maximum Gasteiger partial charge on any atom is 0.158 e. The number of benzene rings is 1. The lowest BCUT2D eigenvalue weighted by Crippen LogP contribution is -2.48. The zero-order valence-corrected chi connectivity index (χ0v) is 14.1. The van der Waals surface area contributed by atoms with Crippen molar-refractivity contribution in [2.24, 2.45) is 5.92 Å². The van der Waals surface area contributed by atoms with E-state index < -0.39 is 9.84 Å². The van der Waals surface area contributed by atoms with Crippen molar-refractivity contribution >= 4 is 9.84 Å². The average Bonchev–Trinajstić information content (AvgIpc) is 2.40. The highest BCUT2D eigenvalue weighted by molar-refractivity contribution is 7.91. The van der Waals surface area contributed by atoms with Gasteiger partial charge in [0.1, 0.15) is 0 Å². The predicted octanol–water partition coefficient (Wildman–Crippen LogP) is 3.08. The molecule has 0 bridgehead atoms. The van der Waals surface area contributed by atoms with Gasteiger partial charge < -0.3 is 5.32 Å². The van der Waals surface area contributed by atoms with Crippen molar-refractivity contribution in [2.75, 3.05) is 6.54 Å². The smallest absolute Gasteiger partial charge is 0.158 e. The van der Waals surface area contributed by atoms with E-state index in [0.29, 0.717) is 5.92 Å². The summed E-state index contributed by atoms with van der Waals surface area (Å²) in [6.45, 7) is 7.04. The lowest BCUT2D eigenvalue weighted by molar-refractivity contribution is 0.311. The minimum absolute atomic E-state index is 0.112. The molecule has 1 saturated carbocycles. The summed E-state index contributed by atoms with van der Waals surface area (Å²) in [6.07, 6.45) is 2.87. The van der Waals surface area contributed by atoms with Crippen LogP contribution in [0.25, 0.3) is 0 Å². The molecule has 1 aromatic rings. The van der Waals surface area contributed by atoms with Gasteiger partial charge in [0.15, 0.2) is 9.84 Å². The fourth-order valence-electron chi connectivity index (χ4n) is 3.36. The van der Waals surface area contributed by atoms with E-state index in [2.05, 4.69) is 12.2 Å². The van der Waals surface area contributed by atoms with Crippen LogP contribution in [0.4, 0.5) is 0 Å². The van der Waals surface area contributed by atoms with Crippen LogP contribution in [0.15, 0.2) is 24.3 Å². The third kappa shape index (κ3) is 4.30. The SMILES string of the molecule is CCNC1CCC(C)CC1S(=O)(=O)Cc1cccc(C)c1. The van der Waals surface area contributed by atoms with E-state index in [1.165, 1.54) is 0 Å². The van der Waals surface area contributed by atoms with Crippen LogP contribution in [0.3, 0.4) is 0 Å². The van der Waals surface area contributed by atoms with E-state index in [1.807, 2.05) is 38.1 Å². The first-order valence-corrected chi connectivity index (χ1v) is 9.64. The Bertz CT molecular complexity index is 568. The number of sulfone groups is 1. The minimum Gasteiger partial charge on any atom is -0.313 e. The highest BCUT2D eigenvalue weighted by atomic mass is 32.2. The van der Waals surface area contributed by atoms with E-state index in [1.54, 1.807) is 0 Å². The quantitative estimate of drug-likeness (QED) is 0.909. The van der Waals surface area contributed by atoms with Crippen LogP contribution in [0.5, 0.6) is 0 Å². The van der Waals surface area contributed by atoms with Gasteiger partial charge in [0.2, 0.25) is 0 Å². The van der Waals surface area contributed by atoms with Gasteiger partial charge in [-0.3, -0.25) is 0 Å². The molecule has 0 aromatic heterocycles. The molecule has 1 aliphatic rings. The molecule has 1 N–H and O–H groups in total. The average molecular weight is 309 g/mol.